The summed E-state index contributed by atoms with van der Waals surface area (Å²) in [5.41, 5.74) is 1.62. The van der Waals surface area contributed by atoms with E-state index in [0.29, 0.717) is 16.8 Å². The number of hydrogen-bond acceptors (Lipinski definition) is 4. The molecule has 0 saturated heterocycles. The number of anilines is 1. The van der Waals surface area contributed by atoms with Crippen LogP contribution in [-0.2, 0) is 11.3 Å². The number of benzene rings is 3. The van der Waals surface area contributed by atoms with E-state index in [4.69, 9.17) is 0 Å². The standard InChI is InChI=1S/C22H17N3O3/c26-17-10-6-9-16(13-17)23-20(27)14-25-22(28)19-12-5-4-11-18(19)21(24-25)15-7-2-1-3-8-15/h1-13,26H,14H2,(H,23,27). The Balaban J connectivity index is 1.74. The van der Waals surface area contributed by atoms with Crippen LogP contribution in [0.3, 0.4) is 0 Å². The lowest BCUT2D eigenvalue weighted by atomic mass is 10.1. The Kier molecular flexibility index (Phi) is 4.60. The number of nitrogens with zero attached hydrogens (tertiary/aromatic N) is 2. The summed E-state index contributed by atoms with van der Waals surface area (Å²) in [6.07, 6.45) is 0. The average Bonchev–Trinajstić information content (AvgIpc) is 2.71. The molecule has 2 N–H and O–H groups in total. The van der Waals surface area contributed by atoms with Crippen molar-refractivity contribution in [2.45, 2.75) is 6.54 Å². The zero-order valence-corrected chi connectivity index (χ0v) is 14.9. The molecule has 0 spiro atoms. The third-order valence-corrected chi connectivity index (χ3v) is 4.34. The molecule has 28 heavy (non-hydrogen) atoms. The second-order valence-electron chi connectivity index (χ2n) is 6.32. The highest BCUT2D eigenvalue weighted by molar-refractivity contribution is 5.94. The quantitative estimate of drug-likeness (QED) is 0.576. The van der Waals surface area contributed by atoms with Crippen LogP contribution in [0, 0.1) is 0 Å². The van der Waals surface area contributed by atoms with Gasteiger partial charge in [-0.3, -0.25) is 9.59 Å². The molecule has 0 fully saturated rings. The third kappa shape index (κ3) is 3.48. The molecule has 0 bridgehead atoms. The molecule has 0 saturated carbocycles. The monoisotopic (exact) mass is 371 g/mol. The van der Waals surface area contributed by atoms with Crippen molar-refractivity contribution in [3.63, 3.8) is 0 Å². The van der Waals surface area contributed by atoms with Crippen molar-refractivity contribution in [3.05, 3.63) is 89.2 Å². The third-order valence-electron chi connectivity index (χ3n) is 4.34. The van der Waals surface area contributed by atoms with E-state index in [-0.39, 0.29) is 17.9 Å². The van der Waals surface area contributed by atoms with Gasteiger partial charge in [-0.05, 0) is 18.2 Å². The summed E-state index contributed by atoms with van der Waals surface area (Å²) in [6, 6.07) is 23.0. The molecule has 0 aliphatic rings. The van der Waals surface area contributed by atoms with E-state index >= 15 is 0 Å². The van der Waals surface area contributed by atoms with Crippen LogP contribution in [0.5, 0.6) is 5.75 Å². The maximum Gasteiger partial charge on any atom is 0.275 e. The summed E-state index contributed by atoms with van der Waals surface area (Å²) >= 11 is 0. The average molecular weight is 371 g/mol. The Morgan fingerprint density at radius 2 is 1.64 bits per heavy atom. The Morgan fingerprint density at radius 1 is 0.929 bits per heavy atom. The first-order chi connectivity index (χ1) is 13.6. The van der Waals surface area contributed by atoms with E-state index in [2.05, 4.69) is 10.4 Å². The Hall–Kier alpha value is -3.93. The van der Waals surface area contributed by atoms with Crippen LogP contribution in [0.4, 0.5) is 5.69 Å². The molecule has 4 rings (SSSR count). The summed E-state index contributed by atoms with van der Waals surface area (Å²) in [5.74, 6) is -0.361. The van der Waals surface area contributed by atoms with Gasteiger partial charge in [0.15, 0.2) is 0 Å². The molecule has 0 unspecified atom stereocenters. The molecule has 1 amide bonds. The summed E-state index contributed by atoms with van der Waals surface area (Å²) in [5, 5.41) is 17.9. The fraction of sp³-hybridized carbons (Fsp3) is 0.0455. The van der Waals surface area contributed by atoms with Gasteiger partial charge in [-0.2, -0.15) is 5.10 Å². The van der Waals surface area contributed by atoms with Crippen molar-refractivity contribution in [2.75, 3.05) is 5.32 Å². The highest BCUT2D eigenvalue weighted by Gasteiger charge is 2.14. The van der Waals surface area contributed by atoms with E-state index < -0.39 is 5.91 Å². The molecule has 138 valence electrons. The molecule has 6 heteroatoms. The number of phenolic OH excluding ortho intramolecular Hbond substituents is 1. The molecule has 0 aliphatic carbocycles. The topological polar surface area (TPSA) is 84.2 Å². The van der Waals surface area contributed by atoms with Crippen molar-refractivity contribution < 1.29 is 9.90 Å². The fourth-order valence-electron chi connectivity index (χ4n) is 3.07. The van der Waals surface area contributed by atoms with Crippen LogP contribution in [0.2, 0.25) is 0 Å². The van der Waals surface area contributed by atoms with Crippen LogP contribution in [0.25, 0.3) is 22.0 Å². The van der Waals surface area contributed by atoms with Gasteiger partial charge >= 0.3 is 0 Å². The van der Waals surface area contributed by atoms with Crippen molar-refractivity contribution >= 4 is 22.4 Å². The van der Waals surface area contributed by atoms with Gasteiger partial charge in [0.05, 0.1) is 11.1 Å². The van der Waals surface area contributed by atoms with E-state index in [9.17, 15) is 14.7 Å². The molecule has 0 atom stereocenters. The molecule has 3 aromatic carbocycles. The SMILES string of the molecule is O=C(Cn1nc(-c2ccccc2)c2ccccc2c1=O)Nc1cccc(O)c1. The van der Waals surface area contributed by atoms with Gasteiger partial charge in [-0.15, -0.1) is 0 Å². The number of hydrogen-bond donors (Lipinski definition) is 2. The lowest BCUT2D eigenvalue weighted by molar-refractivity contribution is -0.117. The minimum Gasteiger partial charge on any atom is -0.508 e. The minimum absolute atomic E-state index is 0.0464. The molecule has 6 nitrogen and oxygen atoms in total. The summed E-state index contributed by atoms with van der Waals surface area (Å²) in [6.45, 7) is -0.237. The molecular weight excluding hydrogens is 354 g/mol. The molecular formula is C22H17N3O3. The second kappa shape index (κ2) is 7.36. The largest absolute Gasteiger partial charge is 0.508 e. The molecule has 1 aromatic heterocycles. The Morgan fingerprint density at radius 3 is 2.39 bits per heavy atom. The maximum atomic E-state index is 12.8. The molecule has 4 aromatic rings. The first-order valence-electron chi connectivity index (χ1n) is 8.76. The van der Waals surface area contributed by atoms with E-state index in [1.807, 2.05) is 42.5 Å². The van der Waals surface area contributed by atoms with Crippen LogP contribution >= 0.6 is 0 Å². The van der Waals surface area contributed by atoms with Gasteiger partial charge in [-0.1, -0.05) is 54.6 Å². The van der Waals surface area contributed by atoms with Crippen molar-refractivity contribution in [1.82, 2.24) is 9.78 Å². The first-order valence-corrected chi connectivity index (χ1v) is 8.76. The number of nitrogens with one attached hydrogen (secondary N) is 1. The normalized spacial score (nSPS) is 10.7. The van der Waals surface area contributed by atoms with Gasteiger partial charge < -0.3 is 10.4 Å². The van der Waals surface area contributed by atoms with Gasteiger partial charge in [-0.25, -0.2) is 4.68 Å². The highest BCUT2D eigenvalue weighted by Crippen LogP contribution is 2.24. The Bertz CT molecular complexity index is 1220. The van der Waals surface area contributed by atoms with E-state index in [1.165, 1.54) is 16.8 Å². The van der Waals surface area contributed by atoms with Crippen LogP contribution in [0.1, 0.15) is 0 Å². The zero-order valence-electron chi connectivity index (χ0n) is 14.9. The highest BCUT2D eigenvalue weighted by atomic mass is 16.3. The van der Waals surface area contributed by atoms with Crippen molar-refractivity contribution in [1.29, 1.82) is 0 Å². The van der Waals surface area contributed by atoms with Gasteiger partial charge in [0.25, 0.3) is 5.56 Å². The number of rotatable bonds is 4. The second-order valence-corrected chi connectivity index (χ2v) is 6.32. The van der Waals surface area contributed by atoms with Gasteiger partial charge in [0.2, 0.25) is 5.91 Å². The number of aromatic nitrogens is 2. The number of fused-ring (bicyclic) bond motifs is 1. The van der Waals surface area contributed by atoms with Crippen LogP contribution in [0.15, 0.2) is 83.7 Å². The van der Waals surface area contributed by atoms with Crippen molar-refractivity contribution in [3.8, 4) is 17.0 Å². The van der Waals surface area contributed by atoms with E-state index in [0.717, 1.165) is 10.9 Å². The van der Waals surface area contributed by atoms with Crippen LogP contribution in [-0.4, -0.2) is 20.8 Å². The minimum atomic E-state index is -0.408. The van der Waals surface area contributed by atoms with Crippen molar-refractivity contribution in [2.24, 2.45) is 0 Å². The maximum absolute atomic E-state index is 12.8. The number of aromatic hydroxyl groups is 1. The lowest BCUT2D eigenvalue weighted by Crippen LogP contribution is -2.30. The number of carbonyl (C=O) groups is 1. The van der Waals surface area contributed by atoms with Crippen LogP contribution < -0.4 is 10.9 Å². The number of amides is 1. The Labute approximate surface area is 160 Å². The number of phenols is 1. The number of carbonyl (C=O) groups excluding carboxylic acids is 1. The van der Waals surface area contributed by atoms with Gasteiger partial charge in [0, 0.05) is 22.7 Å². The summed E-state index contributed by atoms with van der Waals surface area (Å²) in [4.78, 5) is 25.3. The lowest BCUT2D eigenvalue weighted by Gasteiger charge is -2.11. The fourth-order valence-corrected chi connectivity index (χ4v) is 3.07. The predicted molar refractivity (Wildman–Crippen MR) is 108 cm³/mol. The first kappa shape index (κ1) is 17.5. The predicted octanol–water partition coefficient (Wildman–Crippen LogP) is 3.41. The van der Waals surface area contributed by atoms with E-state index in [1.54, 1.807) is 24.3 Å². The molecule has 1 heterocycles. The zero-order chi connectivity index (χ0) is 19.5. The smallest absolute Gasteiger partial charge is 0.275 e. The molecule has 0 aliphatic heterocycles. The summed E-state index contributed by atoms with van der Waals surface area (Å²) in [7, 11) is 0. The molecule has 0 radical (unpaired) electrons. The van der Waals surface area contributed by atoms with Gasteiger partial charge in [0.1, 0.15) is 12.3 Å². The summed E-state index contributed by atoms with van der Waals surface area (Å²) < 4.78 is 1.17.